The first-order valence-corrected chi connectivity index (χ1v) is 12.4. The molecule has 1 spiro atoms. The number of hydrogen-bond donors (Lipinski definition) is 0. The first kappa shape index (κ1) is 22.3. The number of carbonyl (C=O) groups excluding carboxylic acids is 1. The molecule has 7 nitrogen and oxygen atoms in total. The number of aromatic nitrogens is 1. The lowest BCUT2D eigenvalue weighted by Crippen LogP contribution is -2.64. The van der Waals surface area contributed by atoms with Gasteiger partial charge in [0.15, 0.2) is 5.58 Å². The molecule has 0 bridgehead atoms. The number of piperazine rings is 1. The molecular weight excluding hydrogens is 447 g/mol. The topological polar surface area (TPSA) is 62.1 Å². The van der Waals surface area contributed by atoms with Crippen molar-refractivity contribution in [1.29, 1.82) is 0 Å². The van der Waals surface area contributed by atoms with E-state index < -0.39 is 0 Å². The van der Waals surface area contributed by atoms with Crippen LogP contribution in [0.2, 0.25) is 0 Å². The normalized spacial score (nSPS) is 24.4. The Morgan fingerprint density at radius 2 is 1.89 bits per heavy atom. The van der Waals surface area contributed by atoms with E-state index in [9.17, 15) is 9.18 Å². The third-order valence-corrected chi connectivity index (χ3v) is 7.76. The Labute approximate surface area is 204 Å². The molecule has 1 aromatic heterocycles. The molecule has 35 heavy (non-hydrogen) atoms. The summed E-state index contributed by atoms with van der Waals surface area (Å²) in [6.45, 7) is 8.30. The zero-order chi connectivity index (χ0) is 24.2. The van der Waals surface area contributed by atoms with Gasteiger partial charge in [-0.3, -0.25) is 4.90 Å². The molecule has 2 saturated heterocycles. The number of fused-ring (bicyclic) bond motifs is 1. The predicted octanol–water partition coefficient (Wildman–Crippen LogP) is 4.67. The fourth-order valence-electron chi connectivity index (χ4n) is 5.97. The van der Waals surface area contributed by atoms with Gasteiger partial charge in [0.2, 0.25) is 0 Å². The first-order valence-electron chi connectivity index (χ1n) is 12.4. The van der Waals surface area contributed by atoms with Crippen LogP contribution in [0.4, 0.5) is 15.2 Å². The number of carbonyl (C=O) groups is 1. The second kappa shape index (κ2) is 8.52. The highest BCUT2D eigenvalue weighted by atomic mass is 19.1. The SMILES string of the molecule is C[C@@H]1CN(c2nc3cc(F)ccc3o2)[C@@H](C)CN1C(=O)OC1CC2(C1)CN(Cc1ccccc1)C2. The summed E-state index contributed by atoms with van der Waals surface area (Å²) in [7, 11) is 0. The minimum absolute atomic E-state index is 0.00238. The smallest absolute Gasteiger partial charge is 0.410 e. The van der Waals surface area contributed by atoms with Gasteiger partial charge >= 0.3 is 6.09 Å². The van der Waals surface area contributed by atoms with Gasteiger partial charge < -0.3 is 19.0 Å². The summed E-state index contributed by atoms with van der Waals surface area (Å²) in [6.07, 6.45) is 1.68. The molecule has 0 radical (unpaired) electrons. The van der Waals surface area contributed by atoms with Gasteiger partial charge in [-0.15, -0.1) is 0 Å². The number of ether oxygens (including phenoxy) is 1. The Hall–Kier alpha value is -3.13. The van der Waals surface area contributed by atoms with Crippen LogP contribution in [0, 0.1) is 11.2 Å². The Morgan fingerprint density at radius 1 is 1.11 bits per heavy atom. The van der Waals surface area contributed by atoms with Crippen molar-refractivity contribution in [2.24, 2.45) is 5.41 Å². The van der Waals surface area contributed by atoms with Crippen molar-refractivity contribution in [1.82, 2.24) is 14.8 Å². The molecule has 8 heteroatoms. The van der Waals surface area contributed by atoms with E-state index in [4.69, 9.17) is 9.15 Å². The zero-order valence-corrected chi connectivity index (χ0v) is 20.2. The molecule has 1 aliphatic carbocycles. The Kier molecular flexibility index (Phi) is 5.44. The largest absolute Gasteiger partial charge is 0.446 e. The van der Waals surface area contributed by atoms with Crippen LogP contribution in [0.25, 0.3) is 11.1 Å². The average Bonchev–Trinajstić information content (AvgIpc) is 3.21. The maximum Gasteiger partial charge on any atom is 0.410 e. The molecule has 2 aliphatic heterocycles. The number of benzene rings is 2. The third-order valence-electron chi connectivity index (χ3n) is 7.76. The lowest BCUT2D eigenvalue weighted by molar-refractivity contribution is -0.137. The monoisotopic (exact) mass is 478 g/mol. The van der Waals surface area contributed by atoms with Gasteiger partial charge in [-0.2, -0.15) is 4.98 Å². The number of anilines is 1. The second-order valence-electron chi connectivity index (χ2n) is 10.7. The number of rotatable bonds is 4. The molecule has 184 valence electrons. The summed E-state index contributed by atoms with van der Waals surface area (Å²) in [4.78, 5) is 23.8. The van der Waals surface area contributed by atoms with Crippen LogP contribution in [-0.2, 0) is 11.3 Å². The van der Waals surface area contributed by atoms with E-state index in [1.807, 2.05) is 29.7 Å². The molecule has 2 aromatic carbocycles. The number of hydrogen-bond acceptors (Lipinski definition) is 6. The highest BCUT2D eigenvalue weighted by molar-refractivity contribution is 5.75. The summed E-state index contributed by atoms with van der Waals surface area (Å²) >= 11 is 0. The zero-order valence-electron chi connectivity index (χ0n) is 20.2. The van der Waals surface area contributed by atoms with E-state index in [1.54, 1.807) is 6.07 Å². The molecule has 6 rings (SSSR count). The highest BCUT2D eigenvalue weighted by Crippen LogP contribution is 2.50. The van der Waals surface area contributed by atoms with Crippen molar-refractivity contribution in [3.8, 4) is 0 Å². The molecule has 2 atom stereocenters. The molecule has 3 aromatic rings. The van der Waals surface area contributed by atoms with Crippen LogP contribution < -0.4 is 4.90 Å². The number of likely N-dealkylation sites (tertiary alicyclic amines) is 1. The van der Waals surface area contributed by atoms with Crippen molar-refractivity contribution < 1.29 is 18.3 Å². The Bertz CT molecular complexity index is 1220. The van der Waals surface area contributed by atoms with E-state index in [1.165, 1.54) is 17.7 Å². The molecule has 3 fully saturated rings. The van der Waals surface area contributed by atoms with Crippen LogP contribution in [-0.4, -0.2) is 65.2 Å². The standard InChI is InChI=1S/C27H31FN4O3/c1-18-14-32(19(2)13-31(18)25-29-23-10-21(28)8-9-24(23)35-25)26(33)34-22-11-27(12-22)16-30(17-27)15-20-6-4-3-5-7-20/h3-10,18-19,22H,11-17H2,1-2H3/t18-,19+/m0/s1. The lowest BCUT2D eigenvalue weighted by Gasteiger charge is -2.58. The van der Waals surface area contributed by atoms with Crippen LogP contribution >= 0.6 is 0 Å². The van der Waals surface area contributed by atoms with Gasteiger partial charge in [-0.05, 0) is 44.4 Å². The summed E-state index contributed by atoms with van der Waals surface area (Å²) in [5, 5.41) is 0. The van der Waals surface area contributed by atoms with Crippen LogP contribution in [0.1, 0.15) is 32.3 Å². The van der Waals surface area contributed by atoms with Gasteiger partial charge in [0.25, 0.3) is 6.01 Å². The maximum atomic E-state index is 13.5. The molecule has 1 amide bonds. The van der Waals surface area contributed by atoms with Gasteiger partial charge in [-0.25, -0.2) is 9.18 Å². The lowest BCUT2D eigenvalue weighted by atomic mass is 9.61. The van der Waals surface area contributed by atoms with E-state index in [0.717, 1.165) is 32.5 Å². The van der Waals surface area contributed by atoms with E-state index in [2.05, 4.69) is 34.1 Å². The van der Waals surface area contributed by atoms with Crippen LogP contribution in [0.3, 0.4) is 0 Å². The molecule has 0 N–H and O–H groups in total. The van der Waals surface area contributed by atoms with Crippen molar-refractivity contribution in [2.45, 2.75) is 51.4 Å². The molecular formula is C27H31FN4O3. The van der Waals surface area contributed by atoms with E-state index >= 15 is 0 Å². The average molecular weight is 479 g/mol. The number of halogens is 1. The van der Waals surface area contributed by atoms with Crippen molar-refractivity contribution >= 4 is 23.2 Å². The molecule has 3 heterocycles. The quantitative estimate of drug-likeness (QED) is 0.543. The van der Waals surface area contributed by atoms with Crippen LogP contribution in [0.5, 0.6) is 0 Å². The minimum atomic E-state index is -0.338. The van der Waals surface area contributed by atoms with E-state index in [-0.39, 0.29) is 30.1 Å². The molecule has 0 unspecified atom stereocenters. The Morgan fingerprint density at radius 3 is 2.66 bits per heavy atom. The van der Waals surface area contributed by atoms with Gasteiger partial charge in [-0.1, -0.05) is 30.3 Å². The summed E-state index contributed by atoms with van der Waals surface area (Å²) in [5.41, 5.74) is 2.72. The predicted molar refractivity (Wildman–Crippen MR) is 131 cm³/mol. The number of oxazole rings is 1. The van der Waals surface area contributed by atoms with Crippen LogP contribution in [0.15, 0.2) is 52.9 Å². The minimum Gasteiger partial charge on any atom is -0.446 e. The molecule has 1 saturated carbocycles. The molecule has 3 aliphatic rings. The fraction of sp³-hybridized carbons (Fsp3) is 0.481. The number of amides is 1. The van der Waals surface area contributed by atoms with Gasteiger partial charge in [0.05, 0.1) is 0 Å². The maximum absolute atomic E-state index is 13.5. The first-order chi connectivity index (χ1) is 16.9. The summed E-state index contributed by atoms with van der Waals surface area (Å²) < 4.78 is 25.3. The highest BCUT2D eigenvalue weighted by Gasteiger charge is 2.54. The van der Waals surface area contributed by atoms with Crippen molar-refractivity contribution in [2.75, 3.05) is 31.1 Å². The second-order valence-corrected chi connectivity index (χ2v) is 10.7. The summed E-state index contributed by atoms with van der Waals surface area (Å²) in [5.74, 6) is -0.338. The van der Waals surface area contributed by atoms with E-state index in [0.29, 0.717) is 35.6 Å². The summed E-state index contributed by atoms with van der Waals surface area (Å²) in [6, 6.07) is 15.3. The van der Waals surface area contributed by atoms with Gasteiger partial charge in [0, 0.05) is 56.3 Å². The Balaban J connectivity index is 1.00. The van der Waals surface area contributed by atoms with Gasteiger partial charge in [0.1, 0.15) is 17.4 Å². The van der Waals surface area contributed by atoms with Crippen molar-refractivity contribution in [3.05, 3.63) is 59.9 Å². The third kappa shape index (κ3) is 4.24. The number of nitrogens with zero attached hydrogens (tertiary/aromatic N) is 4. The fourth-order valence-corrected chi connectivity index (χ4v) is 5.97. The van der Waals surface area contributed by atoms with Crippen molar-refractivity contribution in [3.63, 3.8) is 0 Å².